The van der Waals surface area contributed by atoms with Crippen molar-refractivity contribution in [3.63, 3.8) is 0 Å². The molecule has 0 radical (unpaired) electrons. The fourth-order valence-electron chi connectivity index (χ4n) is 2.40. The largest absolute Gasteiger partial charge is 0.478 e. The van der Waals surface area contributed by atoms with Crippen LogP contribution in [0.15, 0.2) is 24.3 Å². The number of hydrogen-bond acceptors (Lipinski definition) is 3. The van der Waals surface area contributed by atoms with Crippen molar-refractivity contribution in [1.82, 2.24) is 5.32 Å². The zero-order chi connectivity index (χ0) is 13.5. The van der Waals surface area contributed by atoms with E-state index in [0.717, 1.165) is 31.6 Å². The summed E-state index contributed by atoms with van der Waals surface area (Å²) in [6.45, 7) is 2.33. The second kappa shape index (κ2) is 7.26. The molecule has 0 bridgehead atoms. The van der Waals surface area contributed by atoms with E-state index < -0.39 is 5.97 Å². The SMILES string of the molecule is O=C(O)c1ccccc1CNCCC1CCCCO1. The van der Waals surface area contributed by atoms with Gasteiger partial charge in [-0.2, -0.15) is 0 Å². The third kappa shape index (κ3) is 4.33. The quantitative estimate of drug-likeness (QED) is 0.774. The number of aromatic carboxylic acids is 1. The fraction of sp³-hybridized carbons (Fsp3) is 0.533. The summed E-state index contributed by atoms with van der Waals surface area (Å²) >= 11 is 0. The van der Waals surface area contributed by atoms with Crippen LogP contribution in [0.1, 0.15) is 41.6 Å². The van der Waals surface area contributed by atoms with Gasteiger partial charge in [-0.3, -0.25) is 0 Å². The van der Waals surface area contributed by atoms with Crippen LogP contribution in [-0.2, 0) is 11.3 Å². The zero-order valence-corrected chi connectivity index (χ0v) is 11.1. The van der Waals surface area contributed by atoms with Crippen molar-refractivity contribution >= 4 is 5.97 Å². The summed E-state index contributed by atoms with van der Waals surface area (Å²) in [5.74, 6) is -0.868. The summed E-state index contributed by atoms with van der Waals surface area (Å²) in [7, 11) is 0. The molecule has 0 aromatic heterocycles. The van der Waals surface area contributed by atoms with Crippen LogP contribution in [0.3, 0.4) is 0 Å². The van der Waals surface area contributed by atoms with Crippen LogP contribution in [-0.4, -0.2) is 30.3 Å². The van der Waals surface area contributed by atoms with Gasteiger partial charge in [0.05, 0.1) is 11.7 Å². The number of carboxylic acid groups (broad SMARTS) is 1. The van der Waals surface area contributed by atoms with Crippen LogP contribution in [0, 0.1) is 0 Å². The molecule has 0 spiro atoms. The van der Waals surface area contributed by atoms with Gasteiger partial charge in [0.25, 0.3) is 0 Å². The highest BCUT2D eigenvalue weighted by Gasteiger charge is 2.13. The molecule has 1 atom stereocenters. The molecule has 1 heterocycles. The number of nitrogens with one attached hydrogen (secondary N) is 1. The molecular weight excluding hydrogens is 242 g/mol. The van der Waals surface area contributed by atoms with Crippen LogP contribution < -0.4 is 5.32 Å². The maximum Gasteiger partial charge on any atom is 0.336 e. The first-order chi connectivity index (χ1) is 9.27. The first-order valence-corrected chi connectivity index (χ1v) is 6.91. The minimum atomic E-state index is -0.868. The number of benzene rings is 1. The Hall–Kier alpha value is -1.39. The molecule has 1 fully saturated rings. The van der Waals surface area contributed by atoms with E-state index >= 15 is 0 Å². The third-order valence-corrected chi connectivity index (χ3v) is 3.48. The van der Waals surface area contributed by atoms with Gasteiger partial charge in [0, 0.05) is 13.2 Å². The van der Waals surface area contributed by atoms with Gasteiger partial charge in [-0.15, -0.1) is 0 Å². The minimum absolute atomic E-state index is 0.371. The lowest BCUT2D eigenvalue weighted by Crippen LogP contribution is -2.25. The van der Waals surface area contributed by atoms with Gasteiger partial charge in [0.1, 0.15) is 0 Å². The average Bonchev–Trinajstić information content (AvgIpc) is 2.45. The van der Waals surface area contributed by atoms with Crippen molar-refractivity contribution in [2.45, 2.75) is 38.3 Å². The Kier molecular flexibility index (Phi) is 5.36. The van der Waals surface area contributed by atoms with Crippen LogP contribution in [0.2, 0.25) is 0 Å². The lowest BCUT2D eigenvalue weighted by Gasteiger charge is -2.22. The highest BCUT2D eigenvalue weighted by atomic mass is 16.5. The number of rotatable bonds is 6. The molecule has 1 aliphatic heterocycles. The highest BCUT2D eigenvalue weighted by Crippen LogP contribution is 2.15. The van der Waals surface area contributed by atoms with Crippen LogP contribution in [0.4, 0.5) is 0 Å². The van der Waals surface area contributed by atoms with Gasteiger partial charge in [-0.25, -0.2) is 4.79 Å². The molecule has 1 aromatic rings. The average molecular weight is 263 g/mol. The highest BCUT2D eigenvalue weighted by molar-refractivity contribution is 5.89. The Morgan fingerprint density at radius 2 is 2.21 bits per heavy atom. The summed E-state index contributed by atoms with van der Waals surface area (Å²) in [4.78, 5) is 11.1. The normalized spacial score (nSPS) is 19.3. The van der Waals surface area contributed by atoms with Gasteiger partial charge < -0.3 is 15.2 Å². The maximum absolute atomic E-state index is 11.1. The molecule has 2 N–H and O–H groups in total. The molecule has 0 amide bonds. The van der Waals surface area contributed by atoms with E-state index in [1.165, 1.54) is 12.8 Å². The maximum atomic E-state index is 11.1. The minimum Gasteiger partial charge on any atom is -0.478 e. The number of hydrogen-bond donors (Lipinski definition) is 2. The Bertz CT molecular complexity index is 414. The molecule has 1 saturated heterocycles. The van der Waals surface area contributed by atoms with E-state index in [1.54, 1.807) is 12.1 Å². The van der Waals surface area contributed by atoms with Gasteiger partial charge >= 0.3 is 5.97 Å². The van der Waals surface area contributed by atoms with Gasteiger partial charge in [0.2, 0.25) is 0 Å². The predicted octanol–water partition coefficient (Wildman–Crippen LogP) is 2.43. The van der Waals surface area contributed by atoms with Gasteiger partial charge in [-0.1, -0.05) is 18.2 Å². The third-order valence-electron chi connectivity index (χ3n) is 3.48. The number of ether oxygens (including phenoxy) is 1. The molecule has 4 heteroatoms. The smallest absolute Gasteiger partial charge is 0.336 e. The van der Waals surface area contributed by atoms with Crippen molar-refractivity contribution in [2.24, 2.45) is 0 Å². The fourth-order valence-corrected chi connectivity index (χ4v) is 2.40. The molecule has 0 saturated carbocycles. The van der Waals surface area contributed by atoms with Gasteiger partial charge in [0.15, 0.2) is 0 Å². The van der Waals surface area contributed by atoms with E-state index in [1.807, 2.05) is 12.1 Å². The van der Waals surface area contributed by atoms with Crippen LogP contribution in [0.25, 0.3) is 0 Å². The van der Waals surface area contributed by atoms with E-state index in [-0.39, 0.29) is 0 Å². The molecule has 2 rings (SSSR count). The van der Waals surface area contributed by atoms with E-state index in [2.05, 4.69) is 5.32 Å². The molecule has 1 aliphatic rings. The Morgan fingerprint density at radius 3 is 2.95 bits per heavy atom. The van der Waals surface area contributed by atoms with Crippen molar-refractivity contribution < 1.29 is 14.6 Å². The summed E-state index contributed by atoms with van der Waals surface area (Å²) in [5.41, 5.74) is 1.21. The first kappa shape index (κ1) is 14.0. The van der Waals surface area contributed by atoms with Crippen LogP contribution >= 0.6 is 0 Å². The molecule has 0 aliphatic carbocycles. The predicted molar refractivity (Wildman–Crippen MR) is 73.3 cm³/mol. The molecule has 104 valence electrons. The molecule has 1 aromatic carbocycles. The summed E-state index contributed by atoms with van der Waals surface area (Å²) in [6.07, 6.45) is 4.95. The lowest BCUT2D eigenvalue weighted by atomic mass is 10.1. The molecule has 1 unspecified atom stereocenters. The monoisotopic (exact) mass is 263 g/mol. The molecule has 4 nitrogen and oxygen atoms in total. The number of carboxylic acids is 1. The van der Waals surface area contributed by atoms with E-state index in [4.69, 9.17) is 9.84 Å². The number of carbonyl (C=O) groups is 1. The molecule has 19 heavy (non-hydrogen) atoms. The van der Waals surface area contributed by atoms with E-state index in [0.29, 0.717) is 18.2 Å². The lowest BCUT2D eigenvalue weighted by molar-refractivity contribution is 0.0115. The topological polar surface area (TPSA) is 58.6 Å². The van der Waals surface area contributed by atoms with Crippen LogP contribution in [0.5, 0.6) is 0 Å². The summed E-state index contributed by atoms with van der Waals surface area (Å²) < 4.78 is 5.66. The van der Waals surface area contributed by atoms with Crippen molar-refractivity contribution in [1.29, 1.82) is 0 Å². The zero-order valence-electron chi connectivity index (χ0n) is 11.1. The summed E-state index contributed by atoms with van der Waals surface area (Å²) in [5, 5.41) is 12.4. The second-order valence-electron chi connectivity index (χ2n) is 4.92. The van der Waals surface area contributed by atoms with Gasteiger partial charge in [-0.05, 0) is 43.9 Å². The Morgan fingerprint density at radius 1 is 1.37 bits per heavy atom. The second-order valence-corrected chi connectivity index (χ2v) is 4.92. The van der Waals surface area contributed by atoms with Crippen molar-refractivity contribution in [3.05, 3.63) is 35.4 Å². The van der Waals surface area contributed by atoms with Crippen molar-refractivity contribution in [3.8, 4) is 0 Å². The molecular formula is C15H21NO3. The first-order valence-electron chi connectivity index (χ1n) is 6.91. The Balaban J connectivity index is 1.74. The van der Waals surface area contributed by atoms with Crippen molar-refractivity contribution in [2.75, 3.05) is 13.2 Å². The summed E-state index contributed by atoms with van der Waals surface area (Å²) in [6, 6.07) is 7.12. The standard InChI is InChI=1S/C15H21NO3/c17-15(18)14-7-2-1-5-12(14)11-16-9-8-13-6-3-4-10-19-13/h1-2,5,7,13,16H,3-4,6,8-11H2,(H,17,18). The Labute approximate surface area is 113 Å². The van der Waals surface area contributed by atoms with E-state index in [9.17, 15) is 4.79 Å².